The van der Waals surface area contributed by atoms with Crippen molar-refractivity contribution < 1.29 is 4.74 Å². The topological polar surface area (TPSA) is 51.1 Å². The molecular formula is C17H22N4O. The van der Waals surface area contributed by atoms with E-state index < -0.39 is 0 Å². The Kier molecular flexibility index (Phi) is 3.72. The smallest absolute Gasteiger partial charge is 0.124 e. The van der Waals surface area contributed by atoms with Gasteiger partial charge in [0.25, 0.3) is 0 Å². The molecule has 3 heterocycles. The summed E-state index contributed by atoms with van der Waals surface area (Å²) in [7, 11) is 0. The highest BCUT2D eigenvalue weighted by molar-refractivity contribution is 5.36. The Morgan fingerprint density at radius 3 is 3.14 bits per heavy atom. The first-order chi connectivity index (χ1) is 10.9. The first kappa shape index (κ1) is 13.6. The molecule has 4 rings (SSSR count). The van der Waals surface area contributed by atoms with E-state index in [9.17, 15) is 0 Å². The third-order valence-electron chi connectivity index (χ3n) is 4.54. The quantitative estimate of drug-likeness (QED) is 0.903. The third kappa shape index (κ3) is 2.81. The highest BCUT2D eigenvalue weighted by Crippen LogP contribution is 2.26. The molecule has 0 saturated heterocycles. The van der Waals surface area contributed by atoms with Crippen LogP contribution in [0.1, 0.15) is 5.56 Å². The van der Waals surface area contributed by atoms with E-state index in [2.05, 4.69) is 38.6 Å². The first-order valence-electron chi connectivity index (χ1n) is 8.05. The van der Waals surface area contributed by atoms with Crippen molar-refractivity contribution >= 4 is 5.82 Å². The molecule has 116 valence electrons. The Labute approximate surface area is 130 Å². The number of fused-ring (bicyclic) bond motifs is 2. The summed E-state index contributed by atoms with van der Waals surface area (Å²) < 4.78 is 7.90. The summed E-state index contributed by atoms with van der Waals surface area (Å²) in [4.78, 5) is 0. The van der Waals surface area contributed by atoms with E-state index in [1.807, 2.05) is 18.3 Å². The lowest BCUT2D eigenvalue weighted by Gasteiger charge is -2.28. The third-order valence-corrected chi connectivity index (χ3v) is 4.54. The van der Waals surface area contributed by atoms with Crippen LogP contribution in [0.2, 0.25) is 0 Å². The van der Waals surface area contributed by atoms with Crippen molar-refractivity contribution in [1.82, 2.24) is 15.1 Å². The lowest BCUT2D eigenvalue weighted by Crippen LogP contribution is -2.38. The maximum absolute atomic E-state index is 5.85. The fourth-order valence-electron chi connectivity index (χ4n) is 3.34. The van der Waals surface area contributed by atoms with Crippen LogP contribution in [-0.4, -0.2) is 36.0 Å². The number of ether oxygens (including phenoxy) is 1. The second-order valence-corrected chi connectivity index (χ2v) is 6.29. The molecule has 0 radical (unpaired) electrons. The van der Waals surface area contributed by atoms with E-state index in [0.29, 0.717) is 11.8 Å². The van der Waals surface area contributed by atoms with Gasteiger partial charge in [-0.1, -0.05) is 18.2 Å². The summed E-state index contributed by atoms with van der Waals surface area (Å²) in [6.07, 6.45) is 2.96. The van der Waals surface area contributed by atoms with E-state index in [1.54, 1.807) is 0 Å². The molecule has 0 spiro atoms. The molecule has 2 aromatic rings. The summed E-state index contributed by atoms with van der Waals surface area (Å²) in [6.45, 7) is 4.85. The van der Waals surface area contributed by atoms with Crippen molar-refractivity contribution in [3.05, 3.63) is 42.1 Å². The highest BCUT2D eigenvalue weighted by Gasteiger charge is 2.21. The van der Waals surface area contributed by atoms with Crippen molar-refractivity contribution in [2.24, 2.45) is 11.8 Å². The van der Waals surface area contributed by atoms with Gasteiger partial charge in [0.05, 0.1) is 12.8 Å². The summed E-state index contributed by atoms with van der Waals surface area (Å²) in [5, 5.41) is 11.4. The average molecular weight is 298 g/mol. The number of para-hydroxylation sites is 1. The van der Waals surface area contributed by atoms with Gasteiger partial charge in [0.15, 0.2) is 0 Å². The van der Waals surface area contributed by atoms with Crippen molar-refractivity contribution in [3.63, 3.8) is 0 Å². The molecule has 0 bridgehead atoms. The van der Waals surface area contributed by atoms with Crippen LogP contribution in [0, 0.1) is 11.8 Å². The first-order valence-corrected chi connectivity index (χ1v) is 8.05. The summed E-state index contributed by atoms with van der Waals surface area (Å²) in [6, 6.07) is 10.4. The monoisotopic (exact) mass is 298 g/mol. The van der Waals surface area contributed by atoms with Gasteiger partial charge >= 0.3 is 0 Å². The van der Waals surface area contributed by atoms with Crippen LogP contribution >= 0.6 is 0 Å². The molecule has 1 aromatic heterocycles. The largest absolute Gasteiger partial charge is 0.493 e. The molecule has 5 heteroatoms. The normalized spacial score (nSPS) is 23.1. The van der Waals surface area contributed by atoms with E-state index >= 15 is 0 Å². The number of hydrogen-bond donors (Lipinski definition) is 2. The second kappa shape index (κ2) is 6.01. The van der Waals surface area contributed by atoms with Gasteiger partial charge in [0, 0.05) is 44.1 Å². The summed E-state index contributed by atoms with van der Waals surface area (Å²) in [5.74, 6) is 3.34. The number of benzene rings is 1. The van der Waals surface area contributed by atoms with Crippen LogP contribution in [0.5, 0.6) is 5.75 Å². The lowest BCUT2D eigenvalue weighted by atomic mass is 9.96. The predicted molar refractivity (Wildman–Crippen MR) is 86.2 cm³/mol. The molecule has 0 aliphatic carbocycles. The fraction of sp³-hybridized carbons (Fsp3) is 0.471. The van der Waals surface area contributed by atoms with Gasteiger partial charge < -0.3 is 15.4 Å². The lowest BCUT2D eigenvalue weighted by molar-refractivity contribution is 0.215. The van der Waals surface area contributed by atoms with Crippen molar-refractivity contribution in [2.75, 3.05) is 31.6 Å². The van der Waals surface area contributed by atoms with Crippen LogP contribution < -0.4 is 15.4 Å². The molecular weight excluding hydrogens is 276 g/mol. The van der Waals surface area contributed by atoms with Gasteiger partial charge in [-0.2, -0.15) is 5.10 Å². The number of aromatic nitrogens is 2. The van der Waals surface area contributed by atoms with E-state index in [0.717, 1.165) is 50.8 Å². The minimum absolute atomic E-state index is 0.562. The maximum atomic E-state index is 5.85. The Morgan fingerprint density at radius 1 is 1.23 bits per heavy atom. The molecule has 0 fully saturated rings. The van der Waals surface area contributed by atoms with Crippen LogP contribution in [0.15, 0.2) is 36.5 Å². The van der Waals surface area contributed by atoms with Crippen molar-refractivity contribution in [3.8, 4) is 5.75 Å². The van der Waals surface area contributed by atoms with Gasteiger partial charge in [-0.3, -0.25) is 0 Å². The maximum Gasteiger partial charge on any atom is 0.124 e. The average Bonchev–Trinajstić information content (AvgIpc) is 3.02. The van der Waals surface area contributed by atoms with Crippen LogP contribution in [0.3, 0.4) is 0 Å². The predicted octanol–water partition coefficient (Wildman–Crippen LogP) is 1.77. The number of nitrogens with zero attached hydrogens (tertiary/aromatic N) is 2. The Balaban J connectivity index is 1.25. The van der Waals surface area contributed by atoms with Gasteiger partial charge in [-0.15, -0.1) is 0 Å². The number of rotatable bonds is 4. The van der Waals surface area contributed by atoms with Gasteiger partial charge in [0.2, 0.25) is 0 Å². The Hall–Kier alpha value is -2.01. The molecule has 2 aliphatic rings. The second-order valence-electron chi connectivity index (χ2n) is 6.29. The molecule has 0 amide bonds. The number of anilines is 1. The van der Waals surface area contributed by atoms with E-state index in [-0.39, 0.29) is 0 Å². The fourth-order valence-corrected chi connectivity index (χ4v) is 3.34. The molecule has 2 aliphatic heterocycles. The minimum Gasteiger partial charge on any atom is -0.493 e. The standard InChI is InChI=1S/C17H22N4O/c1-2-4-16-15(3-1)7-13(12-22-16)8-18-9-14-10-19-17-5-6-20-21(17)11-14/h1-6,13-14,18-19H,7-12H2/t13-,14+/m0/s1. The van der Waals surface area contributed by atoms with Crippen LogP contribution in [-0.2, 0) is 13.0 Å². The molecule has 22 heavy (non-hydrogen) atoms. The molecule has 1 aromatic carbocycles. The summed E-state index contributed by atoms with van der Waals surface area (Å²) >= 11 is 0. The SMILES string of the molecule is c1ccc2c(c1)C[C@@H](CNC[C@@H]1CNc3ccnn3C1)CO2. The van der Waals surface area contributed by atoms with Gasteiger partial charge in [-0.05, 0) is 18.1 Å². The zero-order chi connectivity index (χ0) is 14.8. The van der Waals surface area contributed by atoms with Gasteiger partial charge in [-0.25, -0.2) is 4.68 Å². The Morgan fingerprint density at radius 2 is 2.14 bits per heavy atom. The van der Waals surface area contributed by atoms with E-state index in [1.165, 1.54) is 5.56 Å². The molecule has 0 unspecified atom stereocenters. The van der Waals surface area contributed by atoms with Crippen molar-refractivity contribution in [2.45, 2.75) is 13.0 Å². The number of nitrogens with one attached hydrogen (secondary N) is 2. The van der Waals surface area contributed by atoms with E-state index in [4.69, 9.17) is 4.74 Å². The van der Waals surface area contributed by atoms with Gasteiger partial charge in [0.1, 0.15) is 11.6 Å². The molecule has 2 atom stereocenters. The minimum atomic E-state index is 0.562. The molecule has 0 saturated carbocycles. The van der Waals surface area contributed by atoms with Crippen LogP contribution in [0.4, 0.5) is 5.82 Å². The van der Waals surface area contributed by atoms with Crippen LogP contribution in [0.25, 0.3) is 0 Å². The Bertz CT molecular complexity index is 639. The highest BCUT2D eigenvalue weighted by atomic mass is 16.5. The molecule has 2 N–H and O–H groups in total. The zero-order valence-corrected chi connectivity index (χ0v) is 12.7. The summed E-state index contributed by atoms with van der Waals surface area (Å²) in [5.41, 5.74) is 1.33. The molecule has 5 nitrogen and oxygen atoms in total. The van der Waals surface area contributed by atoms with Crippen molar-refractivity contribution in [1.29, 1.82) is 0 Å². The zero-order valence-electron chi connectivity index (χ0n) is 12.7. The number of hydrogen-bond acceptors (Lipinski definition) is 4.